The molecule has 15 heavy (non-hydrogen) atoms. The van der Waals surface area contributed by atoms with E-state index in [0.717, 1.165) is 18.8 Å². The quantitative estimate of drug-likeness (QED) is 0.718. The highest BCUT2D eigenvalue weighted by atomic mass is 16.2. The van der Waals surface area contributed by atoms with Gasteiger partial charge in [0.05, 0.1) is 11.9 Å². The van der Waals surface area contributed by atoms with Gasteiger partial charge in [-0.2, -0.15) is 0 Å². The average molecular weight is 206 g/mol. The van der Waals surface area contributed by atoms with Crippen LogP contribution in [0.3, 0.4) is 0 Å². The molecule has 1 saturated heterocycles. The third-order valence-corrected chi connectivity index (χ3v) is 2.60. The molecule has 0 aliphatic carbocycles. The normalized spacial score (nSPS) is 16.5. The molecule has 0 unspecified atom stereocenters. The molecule has 5 heteroatoms. The van der Waals surface area contributed by atoms with E-state index in [1.165, 1.54) is 0 Å². The van der Waals surface area contributed by atoms with Crippen LogP contribution in [0.5, 0.6) is 0 Å². The zero-order valence-electron chi connectivity index (χ0n) is 8.47. The number of urea groups is 1. The molecule has 2 rings (SSSR count). The fourth-order valence-corrected chi connectivity index (χ4v) is 1.73. The molecule has 2 amide bonds. The number of aromatic nitrogens is 1. The van der Waals surface area contributed by atoms with Crippen LogP contribution >= 0.6 is 0 Å². The second-order valence-electron chi connectivity index (χ2n) is 3.52. The smallest absolute Gasteiger partial charge is 0.314 e. The Kier molecular flexibility index (Phi) is 2.71. The largest absolute Gasteiger partial charge is 0.367 e. The summed E-state index contributed by atoms with van der Waals surface area (Å²) >= 11 is 0. The summed E-state index contributed by atoms with van der Waals surface area (Å²) in [5, 5.41) is 0. The first-order valence-corrected chi connectivity index (χ1v) is 4.97. The van der Waals surface area contributed by atoms with Crippen LogP contribution in [-0.2, 0) is 0 Å². The third kappa shape index (κ3) is 2.18. The Labute approximate surface area is 88.5 Å². The number of anilines is 1. The van der Waals surface area contributed by atoms with E-state index in [2.05, 4.69) is 9.88 Å². The summed E-state index contributed by atoms with van der Waals surface area (Å²) in [5.74, 6) is 0. The number of nitrogens with zero attached hydrogens (tertiary/aromatic N) is 3. The minimum Gasteiger partial charge on any atom is -0.367 e. The molecule has 0 saturated carbocycles. The van der Waals surface area contributed by atoms with E-state index < -0.39 is 0 Å². The molecule has 0 bridgehead atoms. The highest BCUT2D eigenvalue weighted by Gasteiger charge is 2.18. The maximum absolute atomic E-state index is 10.9. The number of hydrogen-bond acceptors (Lipinski definition) is 3. The summed E-state index contributed by atoms with van der Waals surface area (Å²) in [7, 11) is 0. The minimum atomic E-state index is -0.333. The summed E-state index contributed by atoms with van der Waals surface area (Å²) in [5.41, 5.74) is 6.31. The first kappa shape index (κ1) is 9.76. The number of amides is 2. The Morgan fingerprint density at radius 1 is 1.33 bits per heavy atom. The third-order valence-electron chi connectivity index (χ3n) is 2.60. The van der Waals surface area contributed by atoms with Gasteiger partial charge >= 0.3 is 6.03 Å². The monoisotopic (exact) mass is 206 g/mol. The Morgan fingerprint density at radius 2 is 2.07 bits per heavy atom. The van der Waals surface area contributed by atoms with Gasteiger partial charge < -0.3 is 15.5 Å². The topological polar surface area (TPSA) is 62.5 Å². The van der Waals surface area contributed by atoms with Gasteiger partial charge in [0.1, 0.15) is 0 Å². The van der Waals surface area contributed by atoms with E-state index >= 15 is 0 Å². The number of primary amides is 1. The van der Waals surface area contributed by atoms with Crippen LogP contribution in [0.2, 0.25) is 0 Å². The zero-order valence-corrected chi connectivity index (χ0v) is 8.47. The van der Waals surface area contributed by atoms with Crippen LogP contribution in [0.1, 0.15) is 0 Å². The van der Waals surface area contributed by atoms with Crippen molar-refractivity contribution >= 4 is 11.7 Å². The van der Waals surface area contributed by atoms with Gasteiger partial charge in [0.2, 0.25) is 0 Å². The molecule has 1 aliphatic rings. The van der Waals surface area contributed by atoms with Crippen LogP contribution in [0.25, 0.3) is 0 Å². The zero-order chi connectivity index (χ0) is 10.7. The summed E-state index contributed by atoms with van der Waals surface area (Å²) in [6, 6.07) is 3.60. The fraction of sp³-hybridized carbons (Fsp3) is 0.400. The van der Waals surface area contributed by atoms with Gasteiger partial charge in [-0.25, -0.2) is 4.79 Å². The number of carbonyl (C=O) groups is 1. The van der Waals surface area contributed by atoms with Crippen molar-refractivity contribution in [2.24, 2.45) is 5.73 Å². The molecule has 0 aromatic carbocycles. The average Bonchev–Trinajstić information content (AvgIpc) is 2.30. The van der Waals surface area contributed by atoms with E-state index in [4.69, 9.17) is 5.73 Å². The van der Waals surface area contributed by atoms with E-state index in [-0.39, 0.29) is 6.03 Å². The van der Waals surface area contributed by atoms with Gasteiger partial charge in [0.25, 0.3) is 0 Å². The Morgan fingerprint density at radius 3 is 2.60 bits per heavy atom. The Hall–Kier alpha value is -1.78. The number of rotatable bonds is 1. The Balaban J connectivity index is 1.97. The molecule has 0 radical (unpaired) electrons. The van der Waals surface area contributed by atoms with Crippen LogP contribution < -0.4 is 10.6 Å². The van der Waals surface area contributed by atoms with Gasteiger partial charge in [-0.05, 0) is 12.1 Å². The number of carbonyl (C=O) groups excluding carboxylic acids is 1. The van der Waals surface area contributed by atoms with Crippen molar-refractivity contribution in [1.82, 2.24) is 9.88 Å². The molecule has 1 fully saturated rings. The fourth-order valence-electron chi connectivity index (χ4n) is 1.73. The molecule has 0 spiro atoms. The predicted octanol–water partition coefficient (Wildman–Crippen LogP) is 0.282. The lowest BCUT2D eigenvalue weighted by Gasteiger charge is -2.34. The maximum atomic E-state index is 10.9. The Bertz CT molecular complexity index is 333. The van der Waals surface area contributed by atoms with Crippen LogP contribution in [0.4, 0.5) is 10.5 Å². The first-order chi connectivity index (χ1) is 7.27. The van der Waals surface area contributed by atoms with E-state index in [1.807, 2.05) is 18.3 Å². The van der Waals surface area contributed by atoms with Crippen molar-refractivity contribution in [3.63, 3.8) is 0 Å². The molecule has 2 heterocycles. The summed E-state index contributed by atoms with van der Waals surface area (Å²) < 4.78 is 0. The second-order valence-corrected chi connectivity index (χ2v) is 3.52. The van der Waals surface area contributed by atoms with E-state index in [1.54, 1.807) is 11.1 Å². The molecule has 2 N–H and O–H groups in total. The molecular formula is C10H14N4O. The first-order valence-electron chi connectivity index (χ1n) is 4.97. The molecule has 80 valence electrons. The standard InChI is InChI=1S/C10H14N4O/c11-10(15)14-6-4-13(5-7-14)9-2-1-3-12-8-9/h1-3,8H,4-7H2,(H2,11,15). The predicted molar refractivity (Wildman–Crippen MR) is 57.6 cm³/mol. The molecule has 1 aromatic heterocycles. The van der Waals surface area contributed by atoms with Crippen molar-refractivity contribution in [3.8, 4) is 0 Å². The van der Waals surface area contributed by atoms with Gasteiger partial charge in [-0.3, -0.25) is 4.98 Å². The molecule has 5 nitrogen and oxygen atoms in total. The second kappa shape index (κ2) is 4.16. The summed E-state index contributed by atoms with van der Waals surface area (Å²) in [6.45, 7) is 3.00. The van der Waals surface area contributed by atoms with Gasteiger partial charge in [0.15, 0.2) is 0 Å². The number of pyridine rings is 1. The lowest BCUT2D eigenvalue weighted by atomic mass is 10.3. The van der Waals surface area contributed by atoms with Crippen molar-refractivity contribution in [2.45, 2.75) is 0 Å². The van der Waals surface area contributed by atoms with Crippen molar-refractivity contribution in [3.05, 3.63) is 24.5 Å². The highest BCUT2D eigenvalue weighted by molar-refractivity contribution is 5.72. The van der Waals surface area contributed by atoms with E-state index in [0.29, 0.717) is 13.1 Å². The molecular weight excluding hydrogens is 192 g/mol. The minimum absolute atomic E-state index is 0.333. The lowest BCUT2D eigenvalue weighted by molar-refractivity contribution is 0.204. The molecule has 0 atom stereocenters. The SMILES string of the molecule is NC(=O)N1CCN(c2cccnc2)CC1. The van der Waals surface area contributed by atoms with Crippen molar-refractivity contribution < 1.29 is 4.79 Å². The maximum Gasteiger partial charge on any atom is 0.314 e. The lowest BCUT2D eigenvalue weighted by Crippen LogP contribution is -2.50. The van der Waals surface area contributed by atoms with Crippen molar-refractivity contribution in [2.75, 3.05) is 31.1 Å². The van der Waals surface area contributed by atoms with Crippen LogP contribution in [-0.4, -0.2) is 42.1 Å². The van der Waals surface area contributed by atoms with Gasteiger partial charge in [-0.1, -0.05) is 0 Å². The molecule has 1 aliphatic heterocycles. The van der Waals surface area contributed by atoms with Crippen LogP contribution in [0, 0.1) is 0 Å². The molecule has 1 aromatic rings. The summed E-state index contributed by atoms with van der Waals surface area (Å²) in [4.78, 5) is 18.8. The number of hydrogen-bond donors (Lipinski definition) is 1. The summed E-state index contributed by atoms with van der Waals surface area (Å²) in [6.07, 6.45) is 3.59. The number of nitrogens with two attached hydrogens (primary N) is 1. The highest BCUT2D eigenvalue weighted by Crippen LogP contribution is 2.13. The van der Waals surface area contributed by atoms with Crippen molar-refractivity contribution in [1.29, 1.82) is 0 Å². The van der Waals surface area contributed by atoms with Gasteiger partial charge in [-0.15, -0.1) is 0 Å². The number of piperazine rings is 1. The van der Waals surface area contributed by atoms with E-state index in [9.17, 15) is 4.79 Å². The van der Waals surface area contributed by atoms with Crippen LogP contribution in [0.15, 0.2) is 24.5 Å². The van der Waals surface area contributed by atoms with Gasteiger partial charge in [0, 0.05) is 32.4 Å².